The number of halogens is 1. The molecule has 2 unspecified atom stereocenters. The van der Waals surface area contributed by atoms with Crippen molar-refractivity contribution in [3.8, 4) is 0 Å². The van der Waals surface area contributed by atoms with E-state index in [1.807, 2.05) is 12.1 Å². The Morgan fingerprint density at radius 3 is 2.41 bits per heavy atom. The Balaban J connectivity index is 2.02. The molecule has 17 heavy (non-hydrogen) atoms. The van der Waals surface area contributed by atoms with Gasteiger partial charge in [-0.2, -0.15) is 0 Å². The first-order chi connectivity index (χ1) is 8.04. The number of benzene rings is 1. The molecule has 1 aliphatic carbocycles. The summed E-state index contributed by atoms with van der Waals surface area (Å²) in [5.41, 5.74) is 1.53. The van der Waals surface area contributed by atoms with Crippen molar-refractivity contribution in [1.82, 2.24) is 5.32 Å². The van der Waals surface area contributed by atoms with Crippen molar-refractivity contribution in [2.24, 2.45) is 11.8 Å². The zero-order valence-electron chi connectivity index (χ0n) is 11.0. The molecule has 1 aromatic carbocycles. The second kappa shape index (κ2) is 4.77. The molecule has 1 N–H and O–H groups in total. The zero-order chi connectivity index (χ0) is 12.5. The molecule has 0 heterocycles. The minimum absolute atomic E-state index is 0.146. The first-order valence-electron chi connectivity index (χ1n) is 6.51. The van der Waals surface area contributed by atoms with Gasteiger partial charge in [0.25, 0.3) is 0 Å². The molecule has 0 radical (unpaired) electrons. The Labute approximate surface area is 103 Å². The van der Waals surface area contributed by atoms with Crippen molar-refractivity contribution in [2.75, 3.05) is 13.1 Å². The fourth-order valence-electron chi connectivity index (χ4n) is 2.60. The van der Waals surface area contributed by atoms with Crippen molar-refractivity contribution >= 4 is 0 Å². The van der Waals surface area contributed by atoms with Gasteiger partial charge in [0.2, 0.25) is 0 Å². The summed E-state index contributed by atoms with van der Waals surface area (Å²) in [6.07, 6.45) is 1.21. The molecule has 94 valence electrons. The molecule has 1 aromatic rings. The average molecular weight is 235 g/mol. The normalized spacial score (nSPS) is 27.5. The van der Waals surface area contributed by atoms with Crippen molar-refractivity contribution in [1.29, 1.82) is 0 Å². The Morgan fingerprint density at radius 2 is 1.94 bits per heavy atom. The quantitative estimate of drug-likeness (QED) is 0.825. The fraction of sp³-hybridized carbons (Fsp3) is 0.600. The van der Waals surface area contributed by atoms with Crippen LogP contribution in [0, 0.1) is 17.7 Å². The lowest BCUT2D eigenvalue weighted by molar-refractivity contribution is 0.492. The minimum Gasteiger partial charge on any atom is -0.316 e. The van der Waals surface area contributed by atoms with Gasteiger partial charge in [0, 0.05) is 12.0 Å². The van der Waals surface area contributed by atoms with Crippen LogP contribution in [0.5, 0.6) is 0 Å². The first-order valence-corrected chi connectivity index (χ1v) is 6.51. The molecule has 0 amide bonds. The summed E-state index contributed by atoms with van der Waals surface area (Å²) in [7, 11) is 0. The van der Waals surface area contributed by atoms with Gasteiger partial charge >= 0.3 is 0 Å². The van der Waals surface area contributed by atoms with Crippen molar-refractivity contribution in [2.45, 2.75) is 32.6 Å². The molecule has 2 rings (SSSR count). The number of hydrogen-bond donors (Lipinski definition) is 1. The maximum Gasteiger partial charge on any atom is 0.123 e. The molecule has 0 spiro atoms. The number of nitrogens with one attached hydrogen (secondary N) is 1. The summed E-state index contributed by atoms with van der Waals surface area (Å²) < 4.78 is 12.9. The van der Waals surface area contributed by atoms with Crippen molar-refractivity contribution in [3.05, 3.63) is 35.6 Å². The summed E-state index contributed by atoms with van der Waals surface area (Å²) >= 11 is 0. The van der Waals surface area contributed by atoms with E-state index in [2.05, 4.69) is 26.1 Å². The highest BCUT2D eigenvalue weighted by Gasteiger charge is 2.51. The summed E-state index contributed by atoms with van der Waals surface area (Å²) in [5, 5.41) is 3.54. The van der Waals surface area contributed by atoms with Gasteiger partial charge in [-0.05, 0) is 42.5 Å². The van der Waals surface area contributed by atoms with Gasteiger partial charge in [0.05, 0.1) is 0 Å². The topological polar surface area (TPSA) is 12.0 Å². The first kappa shape index (κ1) is 12.6. The van der Waals surface area contributed by atoms with Crippen LogP contribution in [0.1, 0.15) is 32.8 Å². The van der Waals surface area contributed by atoms with Crippen LogP contribution in [0.3, 0.4) is 0 Å². The lowest BCUT2D eigenvalue weighted by Gasteiger charge is -2.19. The van der Waals surface area contributed by atoms with Crippen LogP contribution >= 0.6 is 0 Å². The van der Waals surface area contributed by atoms with E-state index < -0.39 is 0 Å². The second-order valence-electron chi connectivity index (χ2n) is 5.79. The van der Waals surface area contributed by atoms with E-state index in [-0.39, 0.29) is 11.2 Å². The van der Waals surface area contributed by atoms with Crippen molar-refractivity contribution in [3.63, 3.8) is 0 Å². The van der Waals surface area contributed by atoms with Gasteiger partial charge in [-0.3, -0.25) is 0 Å². The molecular formula is C15H22FN. The van der Waals surface area contributed by atoms with Crippen LogP contribution in [0.25, 0.3) is 0 Å². The smallest absolute Gasteiger partial charge is 0.123 e. The molecule has 0 bridgehead atoms. The van der Waals surface area contributed by atoms with Crippen LogP contribution in [0.2, 0.25) is 0 Å². The van der Waals surface area contributed by atoms with Gasteiger partial charge in [-0.1, -0.05) is 32.9 Å². The molecule has 1 saturated carbocycles. The molecule has 1 fully saturated rings. The van der Waals surface area contributed by atoms with Crippen LogP contribution in [0.15, 0.2) is 24.3 Å². The Morgan fingerprint density at radius 1 is 1.35 bits per heavy atom. The van der Waals surface area contributed by atoms with Gasteiger partial charge in [-0.25, -0.2) is 4.39 Å². The van der Waals surface area contributed by atoms with E-state index in [0.717, 1.165) is 13.1 Å². The van der Waals surface area contributed by atoms with E-state index in [1.54, 1.807) is 12.1 Å². The fourth-order valence-corrected chi connectivity index (χ4v) is 2.60. The highest BCUT2D eigenvalue weighted by atomic mass is 19.1. The molecule has 0 saturated heterocycles. The molecule has 2 heteroatoms. The van der Waals surface area contributed by atoms with Crippen LogP contribution in [0.4, 0.5) is 4.39 Å². The third kappa shape index (κ3) is 2.68. The van der Waals surface area contributed by atoms with Gasteiger partial charge in [-0.15, -0.1) is 0 Å². The minimum atomic E-state index is -0.146. The van der Waals surface area contributed by atoms with E-state index in [9.17, 15) is 4.39 Å². The standard InChI is InChI=1S/C15H22FN/c1-11(2)9-17-10-15(8-12(15)3)13-4-6-14(16)7-5-13/h4-7,11-12,17H,8-10H2,1-3H3. The Bertz CT molecular complexity index is 371. The van der Waals surface area contributed by atoms with E-state index >= 15 is 0 Å². The predicted octanol–water partition coefficient (Wildman–Crippen LogP) is 3.35. The third-order valence-corrected chi connectivity index (χ3v) is 3.87. The van der Waals surface area contributed by atoms with E-state index in [0.29, 0.717) is 11.8 Å². The molecule has 1 aliphatic rings. The van der Waals surface area contributed by atoms with Gasteiger partial charge in [0.1, 0.15) is 5.82 Å². The second-order valence-corrected chi connectivity index (χ2v) is 5.79. The number of hydrogen-bond acceptors (Lipinski definition) is 1. The molecule has 0 aliphatic heterocycles. The lowest BCUT2D eigenvalue weighted by Crippen LogP contribution is -2.30. The summed E-state index contributed by atoms with van der Waals surface area (Å²) in [4.78, 5) is 0. The number of rotatable bonds is 5. The zero-order valence-corrected chi connectivity index (χ0v) is 11.0. The van der Waals surface area contributed by atoms with Gasteiger partial charge in [0.15, 0.2) is 0 Å². The largest absolute Gasteiger partial charge is 0.316 e. The lowest BCUT2D eigenvalue weighted by atomic mass is 9.93. The molecular weight excluding hydrogens is 213 g/mol. The summed E-state index contributed by atoms with van der Waals surface area (Å²) in [6.45, 7) is 8.77. The Kier molecular flexibility index (Phi) is 3.53. The van der Waals surface area contributed by atoms with E-state index in [4.69, 9.17) is 0 Å². The average Bonchev–Trinajstić information content (AvgIpc) is 2.91. The molecule has 1 nitrogen and oxygen atoms in total. The van der Waals surface area contributed by atoms with Gasteiger partial charge < -0.3 is 5.32 Å². The SMILES string of the molecule is CC(C)CNCC1(c2ccc(F)cc2)CC1C. The van der Waals surface area contributed by atoms with Crippen LogP contribution in [-0.4, -0.2) is 13.1 Å². The summed E-state index contributed by atoms with van der Waals surface area (Å²) in [5.74, 6) is 1.23. The monoisotopic (exact) mass is 235 g/mol. The highest BCUT2D eigenvalue weighted by molar-refractivity contribution is 5.34. The van der Waals surface area contributed by atoms with Crippen LogP contribution in [-0.2, 0) is 5.41 Å². The summed E-state index contributed by atoms with van der Waals surface area (Å²) in [6, 6.07) is 7.03. The van der Waals surface area contributed by atoms with Crippen LogP contribution < -0.4 is 5.32 Å². The maximum atomic E-state index is 12.9. The van der Waals surface area contributed by atoms with E-state index in [1.165, 1.54) is 12.0 Å². The maximum absolute atomic E-state index is 12.9. The predicted molar refractivity (Wildman–Crippen MR) is 69.6 cm³/mol. The molecule has 2 atom stereocenters. The highest BCUT2D eigenvalue weighted by Crippen LogP contribution is 2.53. The molecule has 0 aromatic heterocycles. The Hall–Kier alpha value is -0.890. The van der Waals surface area contributed by atoms with Crippen molar-refractivity contribution < 1.29 is 4.39 Å². The third-order valence-electron chi connectivity index (χ3n) is 3.87.